The monoisotopic (exact) mass is 298 g/mol. The van der Waals surface area contributed by atoms with Crippen molar-refractivity contribution in [2.45, 2.75) is 6.92 Å². The van der Waals surface area contributed by atoms with Gasteiger partial charge in [-0.25, -0.2) is 4.68 Å². The number of fused-ring (bicyclic) bond motifs is 1. The minimum atomic E-state index is 0.272. The van der Waals surface area contributed by atoms with Crippen LogP contribution < -0.4 is 10.5 Å². The first kappa shape index (κ1) is 13.5. The molecule has 2 heterocycles. The Labute approximate surface area is 127 Å². The normalized spacial score (nSPS) is 10.8. The Kier molecular flexibility index (Phi) is 3.31. The first-order valence-electron chi connectivity index (χ1n) is 6.43. The molecular weight excluding hydrogens is 284 g/mol. The van der Waals surface area contributed by atoms with Gasteiger partial charge in [-0.05, 0) is 31.2 Å². The fourth-order valence-electron chi connectivity index (χ4n) is 2.31. The van der Waals surface area contributed by atoms with E-state index < -0.39 is 0 Å². The molecule has 0 saturated heterocycles. The fourth-order valence-corrected chi connectivity index (χ4v) is 2.54. The van der Waals surface area contributed by atoms with Crippen LogP contribution in [0.1, 0.15) is 11.3 Å². The Bertz CT molecular complexity index is 836. The summed E-state index contributed by atoms with van der Waals surface area (Å²) in [6.45, 7) is 1.85. The van der Waals surface area contributed by atoms with Gasteiger partial charge in [0.2, 0.25) is 5.88 Å². The van der Waals surface area contributed by atoms with E-state index in [0.29, 0.717) is 17.2 Å². The first-order valence-corrected chi connectivity index (χ1v) is 6.83. The van der Waals surface area contributed by atoms with E-state index in [1.165, 1.54) is 0 Å². The van der Waals surface area contributed by atoms with Gasteiger partial charge in [0.25, 0.3) is 0 Å². The molecule has 3 aromatic rings. The SMILES string of the molecule is Cc1nn(C)c(Oc2cccc3ncccc23)c1C(N)=S. The van der Waals surface area contributed by atoms with Crippen LogP contribution in [0.2, 0.25) is 0 Å². The van der Waals surface area contributed by atoms with Crippen LogP contribution in [0.3, 0.4) is 0 Å². The van der Waals surface area contributed by atoms with Crippen LogP contribution in [-0.2, 0) is 7.05 Å². The second kappa shape index (κ2) is 5.14. The number of ether oxygens (including phenoxy) is 1. The summed E-state index contributed by atoms with van der Waals surface area (Å²) in [7, 11) is 1.80. The van der Waals surface area contributed by atoms with Crippen molar-refractivity contribution in [3.8, 4) is 11.6 Å². The lowest BCUT2D eigenvalue weighted by Gasteiger charge is -2.10. The molecule has 0 aliphatic carbocycles. The summed E-state index contributed by atoms with van der Waals surface area (Å²) in [6, 6.07) is 9.55. The molecule has 106 valence electrons. The minimum Gasteiger partial charge on any atom is -0.438 e. The van der Waals surface area contributed by atoms with Gasteiger partial charge >= 0.3 is 0 Å². The Morgan fingerprint density at radius 2 is 2.10 bits per heavy atom. The summed E-state index contributed by atoms with van der Waals surface area (Å²) < 4.78 is 7.67. The van der Waals surface area contributed by atoms with Crippen LogP contribution in [0.25, 0.3) is 10.9 Å². The van der Waals surface area contributed by atoms with Crippen LogP contribution in [0.15, 0.2) is 36.5 Å². The molecule has 0 aliphatic heterocycles. The molecule has 2 aromatic heterocycles. The second-order valence-electron chi connectivity index (χ2n) is 4.68. The molecule has 0 spiro atoms. The highest BCUT2D eigenvalue weighted by molar-refractivity contribution is 7.80. The molecule has 6 heteroatoms. The van der Waals surface area contributed by atoms with Gasteiger partial charge in [0.1, 0.15) is 10.7 Å². The van der Waals surface area contributed by atoms with E-state index in [4.69, 9.17) is 22.7 Å². The van der Waals surface area contributed by atoms with Crippen molar-refractivity contribution in [3.05, 3.63) is 47.8 Å². The summed E-state index contributed by atoms with van der Waals surface area (Å²) in [5.74, 6) is 1.23. The number of nitrogens with two attached hydrogens (primary N) is 1. The zero-order valence-electron chi connectivity index (χ0n) is 11.7. The third-order valence-corrected chi connectivity index (χ3v) is 3.43. The van der Waals surface area contributed by atoms with Gasteiger partial charge in [-0.2, -0.15) is 5.10 Å². The number of rotatable bonds is 3. The molecular formula is C15H14N4OS. The predicted octanol–water partition coefficient (Wildman–Crippen LogP) is 2.70. The summed E-state index contributed by atoms with van der Waals surface area (Å²) in [4.78, 5) is 4.59. The van der Waals surface area contributed by atoms with Crippen molar-refractivity contribution in [3.63, 3.8) is 0 Å². The van der Waals surface area contributed by atoms with Gasteiger partial charge in [-0.1, -0.05) is 18.3 Å². The maximum atomic E-state index is 6.03. The summed E-state index contributed by atoms with van der Waals surface area (Å²) in [5, 5.41) is 5.24. The van der Waals surface area contributed by atoms with Crippen LogP contribution >= 0.6 is 12.2 Å². The average molecular weight is 298 g/mol. The minimum absolute atomic E-state index is 0.272. The third-order valence-electron chi connectivity index (χ3n) is 3.23. The topological polar surface area (TPSA) is 66.0 Å². The van der Waals surface area contributed by atoms with Crippen LogP contribution in [0.5, 0.6) is 11.6 Å². The molecule has 0 saturated carbocycles. The Balaban J connectivity index is 2.14. The molecule has 1 aromatic carbocycles. The highest BCUT2D eigenvalue weighted by atomic mass is 32.1. The quantitative estimate of drug-likeness (QED) is 0.753. The molecule has 0 aliphatic rings. The van der Waals surface area contributed by atoms with E-state index in [1.807, 2.05) is 37.3 Å². The highest BCUT2D eigenvalue weighted by Crippen LogP contribution is 2.31. The van der Waals surface area contributed by atoms with Crippen molar-refractivity contribution in [1.82, 2.24) is 14.8 Å². The van der Waals surface area contributed by atoms with Crippen molar-refractivity contribution in [2.24, 2.45) is 12.8 Å². The van der Waals surface area contributed by atoms with E-state index in [0.717, 1.165) is 16.6 Å². The molecule has 0 bridgehead atoms. The van der Waals surface area contributed by atoms with E-state index in [1.54, 1.807) is 17.9 Å². The summed E-state index contributed by atoms with van der Waals surface area (Å²) in [5.41, 5.74) is 8.06. The lowest BCUT2D eigenvalue weighted by Crippen LogP contribution is -2.11. The molecule has 0 atom stereocenters. The second-order valence-corrected chi connectivity index (χ2v) is 5.12. The van der Waals surface area contributed by atoms with Crippen LogP contribution in [0, 0.1) is 6.92 Å². The Morgan fingerprint density at radius 1 is 1.29 bits per heavy atom. The maximum absolute atomic E-state index is 6.03. The lowest BCUT2D eigenvalue weighted by molar-refractivity contribution is 0.434. The molecule has 5 nitrogen and oxygen atoms in total. The molecule has 2 N–H and O–H groups in total. The van der Waals surface area contributed by atoms with Gasteiger partial charge in [-0.15, -0.1) is 0 Å². The number of benzene rings is 1. The van der Waals surface area contributed by atoms with Crippen molar-refractivity contribution in [1.29, 1.82) is 0 Å². The number of hydrogen-bond acceptors (Lipinski definition) is 4. The summed E-state index contributed by atoms with van der Waals surface area (Å²) >= 11 is 5.09. The van der Waals surface area contributed by atoms with Gasteiger partial charge in [0.15, 0.2) is 0 Å². The van der Waals surface area contributed by atoms with Crippen molar-refractivity contribution in [2.75, 3.05) is 0 Å². The number of pyridine rings is 1. The van der Waals surface area contributed by atoms with Crippen molar-refractivity contribution < 1.29 is 4.74 Å². The average Bonchev–Trinajstić information content (AvgIpc) is 2.73. The van der Waals surface area contributed by atoms with Crippen molar-refractivity contribution >= 4 is 28.1 Å². The largest absolute Gasteiger partial charge is 0.438 e. The highest BCUT2D eigenvalue weighted by Gasteiger charge is 2.18. The molecule has 0 unspecified atom stereocenters. The molecule has 0 amide bonds. The smallest absolute Gasteiger partial charge is 0.228 e. The maximum Gasteiger partial charge on any atom is 0.228 e. The van der Waals surface area contributed by atoms with Gasteiger partial charge in [-0.3, -0.25) is 4.98 Å². The Morgan fingerprint density at radius 3 is 2.86 bits per heavy atom. The third kappa shape index (κ3) is 2.34. The number of aryl methyl sites for hydroxylation is 2. The number of thiocarbonyl (C=S) groups is 1. The Hall–Kier alpha value is -2.47. The van der Waals surface area contributed by atoms with E-state index in [-0.39, 0.29) is 4.99 Å². The number of nitrogens with zero attached hydrogens (tertiary/aromatic N) is 3. The van der Waals surface area contributed by atoms with E-state index in [9.17, 15) is 0 Å². The van der Waals surface area contributed by atoms with Gasteiger partial charge in [0, 0.05) is 18.6 Å². The fraction of sp³-hybridized carbons (Fsp3) is 0.133. The molecule has 0 fully saturated rings. The molecule has 3 rings (SSSR count). The van der Waals surface area contributed by atoms with Gasteiger partial charge in [0.05, 0.1) is 16.8 Å². The van der Waals surface area contributed by atoms with Crippen LogP contribution in [0.4, 0.5) is 0 Å². The molecule has 0 radical (unpaired) electrons. The van der Waals surface area contributed by atoms with E-state index >= 15 is 0 Å². The predicted molar refractivity (Wildman–Crippen MR) is 85.6 cm³/mol. The molecule has 21 heavy (non-hydrogen) atoms. The first-order chi connectivity index (χ1) is 10.1. The number of hydrogen-bond donors (Lipinski definition) is 1. The zero-order chi connectivity index (χ0) is 15.0. The number of aromatic nitrogens is 3. The summed E-state index contributed by atoms with van der Waals surface area (Å²) in [6.07, 6.45) is 1.75. The van der Waals surface area contributed by atoms with E-state index in [2.05, 4.69) is 10.1 Å². The lowest BCUT2D eigenvalue weighted by atomic mass is 10.2. The van der Waals surface area contributed by atoms with Crippen LogP contribution in [-0.4, -0.2) is 19.8 Å². The zero-order valence-corrected chi connectivity index (χ0v) is 12.5. The van der Waals surface area contributed by atoms with Gasteiger partial charge < -0.3 is 10.5 Å². The standard InChI is InChI=1S/C15H14N4OS/c1-9-13(14(16)21)15(19(2)18-9)20-12-7-3-6-11-10(12)5-4-8-17-11/h3-8H,1-2H3,(H2,16,21).